The lowest BCUT2D eigenvalue weighted by Gasteiger charge is -2.36. The quantitative estimate of drug-likeness (QED) is 0.877. The van der Waals surface area contributed by atoms with Crippen LogP contribution in [0.3, 0.4) is 0 Å². The van der Waals surface area contributed by atoms with Crippen LogP contribution >= 0.6 is 0 Å². The molecule has 3 rings (SSSR count). The molecular weight excluding hydrogens is 262 g/mol. The summed E-state index contributed by atoms with van der Waals surface area (Å²) in [4.78, 5) is 17.1. The number of nitrogens with one attached hydrogen (secondary N) is 2. The minimum atomic E-state index is -0.626. The van der Waals surface area contributed by atoms with Gasteiger partial charge in [-0.15, -0.1) is 0 Å². The van der Waals surface area contributed by atoms with Crippen molar-refractivity contribution in [2.45, 2.75) is 45.1 Å². The molecule has 0 aromatic heterocycles. The molecular formula is C17H23N3O. The average Bonchev–Trinajstić information content (AvgIpc) is 2.79. The van der Waals surface area contributed by atoms with Crippen LogP contribution in [0.4, 0.5) is 0 Å². The zero-order valence-electron chi connectivity index (χ0n) is 12.9. The molecule has 1 aliphatic carbocycles. The van der Waals surface area contributed by atoms with E-state index in [1.54, 1.807) is 0 Å². The van der Waals surface area contributed by atoms with E-state index in [1.165, 1.54) is 5.56 Å². The minimum absolute atomic E-state index is 0.0318. The minimum Gasteiger partial charge on any atom is -0.338 e. The van der Waals surface area contributed by atoms with Gasteiger partial charge < -0.3 is 5.32 Å². The van der Waals surface area contributed by atoms with E-state index in [0.29, 0.717) is 17.8 Å². The lowest BCUT2D eigenvalue weighted by Crippen LogP contribution is -2.46. The predicted molar refractivity (Wildman–Crippen MR) is 84.2 cm³/mol. The molecule has 0 bridgehead atoms. The summed E-state index contributed by atoms with van der Waals surface area (Å²) >= 11 is 0. The number of aliphatic imine (C=N–C) groups is 1. The largest absolute Gasteiger partial charge is 0.338 e. The van der Waals surface area contributed by atoms with Gasteiger partial charge in [0.05, 0.1) is 0 Å². The Morgan fingerprint density at radius 2 is 2.14 bits per heavy atom. The highest BCUT2D eigenvalue weighted by molar-refractivity contribution is 6.09. The molecule has 2 atom stereocenters. The standard InChI is InChI=1S/C17H23N3O/c1-11(2)10-18-16-19-15(21)17(20-16)9-8-12(3)13-6-4-5-7-14(13)17/h4-7,11-12H,8-10H2,1-3H3,(H2,18,19,20,21). The molecule has 112 valence electrons. The van der Waals surface area contributed by atoms with Gasteiger partial charge in [-0.2, -0.15) is 0 Å². The van der Waals surface area contributed by atoms with Gasteiger partial charge in [0.15, 0.2) is 5.96 Å². The summed E-state index contributed by atoms with van der Waals surface area (Å²) < 4.78 is 0. The molecule has 21 heavy (non-hydrogen) atoms. The van der Waals surface area contributed by atoms with Crippen molar-refractivity contribution in [2.24, 2.45) is 10.9 Å². The molecule has 1 heterocycles. The first-order valence-electron chi connectivity index (χ1n) is 7.76. The average molecular weight is 285 g/mol. The molecule has 1 amide bonds. The molecule has 1 saturated heterocycles. The number of amides is 1. The molecule has 1 fully saturated rings. The fourth-order valence-electron chi connectivity index (χ4n) is 3.26. The van der Waals surface area contributed by atoms with Crippen molar-refractivity contribution in [3.05, 3.63) is 35.4 Å². The summed E-state index contributed by atoms with van der Waals surface area (Å²) in [7, 11) is 0. The SMILES string of the molecule is CC(C)CN=C1NC(=O)C2(CCC(C)c3ccccc32)N1. The summed E-state index contributed by atoms with van der Waals surface area (Å²) in [5, 5.41) is 6.30. The van der Waals surface area contributed by atoms with Crippen molar-refractivity contribution in [3.8, 4) is 0 Å². The Balaban J connectivity index is 1.97. The number of carbonyl (C=O) groups is 1. The van der Waals surface area contributed by atoms with E-state index >= 15 is 0 Å². The third-order valence-corrected chi connectivity index (χ3v) is 4.47. The van der Waals surface area contributed by atoms with E-state index in [4.69, 9.17) is 0 Å². The Morgan fingerprint density at radius 1 is 1.38 bits per heavy atom. The molecule has 1 aliphatic heterocycles. The van der Waals surface area contributed by atoms with Crippen LogP contribution in [0, 0.1) is 5.92 Å². The third kappa shape index (κ3) is 2.33. The van der Waals surface area contributed by atoms with Gasteiger partial charge >= 0.3 is 0 Å². The highest BCUT2D eigenvalue weighted by Crippen LogP contribution is 2.42. The van der Waals surface area contributed by atoms with E-state index < -0.39 is 5.54 Å². The van der Waals surface area contributed by atoms with Gasteiger partial charge in [-0.3, -0.25) is 15.1 Å². The molecule has 2 N–H and O–H groups in total. The van der Waals surface area contributed by atoms with Crippen molar-refractivity contribution in [3.63, 3.8) is 0 Å². The molecule has 1 aromatic rings. The van der Waals surface area contributed by atoms with Gasteiger partial charge in [-0.1, -0.05) is 45.0 Å². The first-order chi connectivity index (χ1) is 10.0. The van der Waals surface area contributed by atoms with E-state index in [9.17, 15) is 4.79 Å². The van der Waals surface area contributed by atoms with Crippen molar-refractivity contribution >= 4 is 11.9 Å². The zero-order chi connectivity index (χ0) is 15.0. The summed E-state index contributed by atoms with van der Waals surface area (Å²) in [6, 6.07) is 8.27. The topological polar surface area (TPSA) is 53.5 Å². The fourth-order valence-corrected chi connectivity index (χ4v) is 3.26. The summed E-state index contributed by atoms with van der Waals surface area (Å²) in [5.74, 6) is 1.63. The van der Waals surface area contributed by atoms with Crippen molar-refractivity contribution < 1.29 is 4.79 Å². The van der Waals surface area contributed by atoms with Crippen molar-refractivity contribution in [1.29, 1.82) is 0 Å². The number of fused-ring (bicyclic) bond motifs is 2. The normalized spacial score (nSPS) is 29.6. The van der Waals surface area contributed by atoms with Crippen molar-refractivity contribution in [2.75, 3.05) is 6.54 Å². The highest BCUT2D eigenvalue weighted by atomic mass is 16.2. The molecule has 0 saturated carbocycles. The number of hydrogen-bond acceptors (Lipinski definition) is 2. The van der Waals surface area contributed by atoms with Crippen LogP contribution in [0.2, 0.25) is 0 Å². The van der Waals surface area contributed by atoms with Gasteiger partial charge in [-0.25, -0.2) is 0 Å². The molecule has 1 spiro atoms. The lowest BCUT2D eigenvalue weighted by molar-refractivity contribution is -0.124. The second kappa shape index (κ2) is 5.17. The van der Waals surface area contributed by atoms with Crippen LogP contribution in [0.25, 0.3) is 0 Å². The third-order valence-electron chi connectivity index (χ3n) is 4.47. The maximum atomic E-state index is 12.6. The molecule has 0 radical (unpaired) electrons. The van der Waals surface area contributed by atoms with Crippen LogP contribution in [0.15, 0.2) is 29.3 Å². The van der Waals surface area contributed by atoms with E-state index in [1.807, 2.05) is 6.07 Å². The maximum absolute atomic E-state index is 12.6. The number of rotatable bonds is 2. The fraction of sp³-hybridized carbons (Fsp3) is 0.529. The van der Waals surface area contributed by atoms with Crippen LogP contribution in [-0.2, 0) is 10.3 Å². The molecule has 2 unspecified atom stereocenters. The zero-order valence-corrected chi connectivity index (χ0v) is 12.9. The molecule has 4 nitrogen and oxygen atoms in total. The van der Waals surface area contributed by atoms with Gasteiger partial charge in [0.2, 0.25) is 0 Å². The Bertz CT molecular complexity index is 593. The predicted octanol–water partition coefficient (Wildman–Crippen LogP) is 2.51. The second-order valence-corrected chi connectivity index (χ2v) is 6.59. The Morgan fingerprint density at radius 3 is 2.90 bits per heavy atom. The summed E-state index contributed by atoms with van der Waals surface area (Å²) in [6.45, 7) is 7.19. The summed E-state index contributed by atoms with van der Waals surface area (Å²) in [6.07, 6.45) is 1.83. The smallest absolute Gasteiger partial charge is 0.257 e. The summed E-state index contributed by atoms with van der Waals surface area (Å²) in [5.41, 5.74) is 1.76. The Labute approximate surface area is 126 Å². The van der Waals surface area contributed by atoms with Crippen LogP contribution in [-0.4, -0.2) is 18.4 Å². The second-order valence-electron chi connectivity index (χ2n) is 6.59. The molecule has 4 heteroatoms. The van der Waals surface area contributed by atoms with Crippen LogP contribution in [0.5, 0.6) is 0 Å². The van der Waals surface area contributed by atoms with E-state index in [2.05, 4.69) is 54.6 Å². The Kier molecular flexibility index (Phi) is 3.47. The first-order valence-corrected chi connectivity index (χ1v) is 7.76. The number of guanidine groups is 1. The monoisotopic (exact) mass is 285 g/mol. The highest BCUT2D eigenvalue weighted by Gasteiger charge is 2.49. The van der Waals surface area contributed by atoms with Gasteiger partial charge in [0.25, 0.3) is 5.91 Å². The molecule has 1 aromatic carbocycles. The Hall–Kier alpha value is -1.84. The van der Waals surface area contributed by atoms with Gasteiger partial charge in [0, 0.05) is 6.54 Å². The van der Waals surface area contributed by atoms with Crippen LogP contribution in [0.1, 0.15) is 50.7 Å². The number of benzene rings is 1. The lowest BCUT2D eigenvalue weighted by atomic mass is 9.72. The number of nitrogens with zero attached hydrogens (tertiary/aromatic N) is 1. The number of hydrogen-bond donors (Lipinski definition) is 2. The van der Waals surface area contributed by atoms with E-state index in [-0.39, 0.29) is 5.91 Å². The van der Waals surface area contributed by atoms with Gasteiger partial charge in [-0.05, 0) is 35.8 Å². The molecule has 2 aliphatic rings. The maximum Gasteiger partial charge on any atom is 0.257 e. The van der Waals surface area contributed by atoms with E-state index in [0.717, 1.165) is 24.9 Å². The number of carbonyl (C=O) groups excluding carboxylic acids is 1. The van der Waals surface area contributed by atoms with Gasteiger partial charge in [0.1, 0.15) is 5.54 Å². The van der Waals surface area contributed by atoms with Crippen molar-refractivity contribution in [1.82, 2.24) is 10.6 Å². The van der Waals surface area contributed by atoms with Crippen LogP contribution < -0.4 is 10.6 Å². The first kappa shape index (κ1) is 14.1.